The van der Waals surface area contributed by atoms with E-state index in [1.165, 1.54) is 18.6 Å². The largest absolute Gasteiger partial charge is 0.427 e. The third-order valence-electron chi connectivity index (χ3n) is 8.94. The van der Waals surface area contributed by atoms with E-state index in [1.54, 1.807) is 0 Å². The second-order valence-electron chi connectivity index (χ2n) is 12.7. The number of imidazole rings is 1. The number of alkyl halides is 3. The molecule has 3 N–H and O–H groups in total. The van der Waals surface area contributed by atoms with Crippen molar-refractivity contribution in [2.75, 3.05) is 43.9 Å². The predicted molar refractivity (Wildman–Crippen MR) is 155 cm³/mol. The number of halogens is 3. The van der Waals surface area contributed by atoms with Crippen molar-refractivity contribution in [1.82, 2.24) is 35.2 Å². The van der Waals surface area contributed by atoms with Crippen LogP contribution in [0.3, 0.4) is 0 Å². The number of hydroxylamine groups is 1. The number of likely N-dealkylation sites (tertiary alicyclic amines) is 1. The maximum Gasteiger partial charge on any atom is 0.427 e. The predicted octanol–water partition coefficient (Wildman–Crippen LogP) is 4.51. The lowest BCUT2D eigenvalue weighted by Crippen LogP contribution is -2.36. The minimum Gasteiger partial charge on any atom is -0.365 e. The third-order valence-corrected chi connectivity index (χ3v) is 8.94. The van der Waals surface area contributed by atoms with E-state index in [0.29, 0.717) is 40.2 Å². The van der Waals surface area contributed by atoms with Crippen LogP contribution in [0.1, 0.15) is 62.6 Å². The van der Waals surface area contributed by atoms with Crippen LogP contribution in [0.5, 0.6) is 0 Å². The number of hydrogen-bond donors (Lipinski definition) is 3. The number of aromatic nitrogens is 4. The van der Waals surface area contributed by atoms with Crippen LogP contribution in [0.15, 0.2) is 24.3 Å². The lowest BCUT2D eigenvalue weighted by Gasteiger charge is -2.32. The molecule has 3 aromatic rings. The smallest absolute Gasteiger partial charge is 0.365 e. The number of fused-ring (bicyclic) bond motifs is 1. The van der Waals surface area contributed by atoms with Crippen molar-refractivity contribution in [3.8, 4) is 0 Å². The Hall–Kier alpha value is -3.65. The van der Waals surface area contributed by atoms with Crippen molar-refractivity contribution in [3.63, 3.8) is 0 Å². The summed E-state index contributed by atoms with van der Waals surface area (Å²) in [5, 5.41) is 6.24. The van der Waals surface area contributed by atoms with Gasteiger partial charge in [-0.05, 0) is 68.8 Å². The van der Waals surface area contributed by atoms with Gasteiger partial charge in [-0.3, -0.25) is 5.32 Å². The van der Waals surface area contributed by atoms with Gasteiger partial charge in [-0.25, -0.2) is 14.8 Å². The summed E-state index contributed by atoms with van der Waals surface area (Å²) in [6.07, 6.45) is -1.34. The summed E-state index contributed by atoms with van der Waals surface area (Å²) in [6, 6.07) is 5.33. The molecule has 2 aromatic heterocycles. The molecule has 3 fully saturated rings. The molecule has 3 aliphatic rings. The van der Waals surface area contributed by atoms with Gasteiger partial charge in [0.1, 0.15) is 5.52 Å². The molecule has 43 heavy (non-hydrogen) atoms. The minimum atomic E-state index is -4.41. The van der Waals surface area contributed by atoms with Gasteiger partial charge in [-0.2, -0.15) is 18.2 Å². The number of nitrogens with one attached hydrogen (secondary N) is 3. The Kier molecular flexibility index (Phi) is 7.61. The summed E-state index contributed by atoms with van der Waals surface area (Å²) in [5.41, 5.74) is 3.71. The normalized spacial score (nSPS) is 23.7. The standard InChI is InChI=1S/C29H38F3N9O2/c1-17(19-6-5-7-19)33-22-21-23(35-24(34-22)25-37-27(42)43-38-25)36-26(40(4)16-28(2)12-13-39(3)15-28)41(21)14-18-8-10-20(11-9-18)29(30,31)32/h8-11,17,19,25,38H,5-7,12-16H2,1-4H3,(H,37,42)(H,33,34,35)/t17-,25?,28?/m1/s1. The van der Waals surface area contributed by atoms with Gasteiger partial charge in [0.2, 0.25) is 5.95 Å². The second-order valence-corrected chi connectivity index (χ2v) is 12.7. The molecular formula is C29H38F3N9O2. The molecule has 0 radical (unpaired) electrons. The van der Waals surface area contributed by atoms with E-state index in [0.717, 1.165) is 51.0 Å². The lowest BCUT2D eigenvalue weighted by molar-refractivity contribution is -0.137. The zero-order valence-electron chi connectivity index (χ0n) is 24.8. The first kappa shape index (κ1) is 29.4. The highest BCUT2D eigenvalue weighted by molar-refractivity contribution is 5.86. The first-order valence-corrected chi connectivity index (χ1v) is 14.7. The van der Waals surface area contributed by atoms with Gasteiger partial charge >= 0.3 is 12.3 Å². The van der Waals surface area contributed by atoms with Gasteiger partial charge in [-0.15, -0.1) is 5.48 Å². The van der Waals surface area contributed by atoms with Crippen molar-refractivity contribution in [2.45, 2.75) is 64.5 Å². The maximum absolute atomic E-state index is 13.3. The Morgan fingerprint density at radius 3 is 2.53 bits per heavy atom. The fourth-order valence-electron chi connectivity index (χ4n) is 6.42. The Morgan fingerprint density at radius 1 is 1.21 bits per heavy atom. The van der Waals surface area contributed by atoms with E-state index >= 15 is 0 Å². The van der Waals surface area contributed by atoms with Crippen LogP contribution < -0.4 is 21.0 Å². The monoisotopic (exact) mass is 601 g/mol. The number of carbonyl (C=O) groups excluding carboxylic acids is 1. The quantitative estimate of drug-likeness (QED) is 0.326. The van der Waals surface area contributed by atoms with E-state index < -0.39 is 24.0 Å². The fraction of sp³-hybridized carbons (Fsp3) is 0.586. The first-order valence-electron chi connectivity index (χ1n) is 14.7. The van der Waals surface area contributed by atoms with Crippen molar-refractivity contribution in [1.29, 1.82) is 0 Å². The van der Waals surface area contributed by atoms with Crippen LogP contribution in [0.25, 0.3) is 11.2 Å². The van der Waals surface area contributed by atoms with E-state index in [9.17, 15) is 18.0 Å². The van der Waals surface area contributed by atoms with E-state index in [1.807, 2.05) is 11.6 Å². The van der Waals surface area contributed by atoms with Gasteiger partial charge in [0, 0.05) is 26.2 Å². The Bertz CT molecular complexity index is 1490. The van der Waals surface area contributed by atoms with Crippen LogP contribution >= 0.6 is 0 Å². The van der Waals surface area contributed by atoms with Crippen LogP contribution in [0.2, 0.25) is 0 Å². The molecule has 6 rings (SSSR count). The molecule has 1 saturated carbocycles. The summed E-state index contributed by atoms with van der Waals surface area (Å²) >= 11 is 0. The summed E-state index contributed by atoms with van der Waals surface area (Å²) < 4.78 is 41.9. The number of hydrogen-bond acceptors (Lipinski definition) is 9. The lowest BCUT2D eigenvalue weighted by atomic mass is 9.80. The van der Waals surface area contributed by atoms with Gasteiger partial charge < -0.3 is 24.5 Å². The molecule has 0 spiro atoms. The van der Waals surface area contributed by atoms with Crippen LogP contribution in [0, 0.1) is 11.3 Å². The molecule has 14 heteroatoms. The van der Waals surface area contributed by atoms with Gasteiger partial charge in [0.15, 0.2) is 23.5 Å². The molecule has 3 atom stereocenters. The van der Waals surface area contributed by atoms with Crippen molar-refractivity contribution in [2.24, 2.45) is 11.3 Å². The highest BCUT2D eigenvalue weighted by Crippen LogP contribution is 2.36. The van der Waals surface area contributed by atoms with Crippen molar-refractivity contribution >= 4 is 29.0 Å². The maximum atomic E-state index is 13.3. The molecule has 0 bridgehead atoms. The number of rotatable bonds is 9. The molecule has 232 valence electrons. The van der Waals surface area contributed by atoms with E-state index in [4.69, 9.17) is 19.8 Å². The van der Waals surface area contributed by atoms with Crippen molar-refractivity contribution < 1.29 is 22.8 Å². The summed E-state index contributed by atoms with van der Waals surface area (Å²) in [6.45, 7) is 7.33. The molecule has 1 amide bonds. The zero-order chi connectivity index (χ0) is 30.5. The average Bonchev–Trinajstić information content (AvgIpc) is 3.59. The Morgan fingerprint density at radius 2 is 1.95 bits per heavy atom. The Balaban J connectivity index is 1.45. The minimum absolute atomic E-state index is 0.0346. The SMILES string of the molecule is C[C@@H](Nc1nc(C2NOC(=O)N2)nc2nc(N(C)CC3(C)CCN(C)C3)n(Cc3ccc(C(F)(F)F)cc3)c12)C1CCC1. The summed E-state index contributed by atoms with van der Waals surface area (Å²) in [5.74, 6) is 1.97. The first-order chi connectivity index (χ1) is 20.4. The highest BCUT2D eigenvalue weighted by atomic mass is 19.4. The molecule has 2 aliphatic heterocycles. The molecule has 1 aromatic carbocycles. The van der Waals surface area contributed by atoms with E-state index in [-0.39, 0.29) is 18.0 Å². The zero-order valence-corrected chi connectivity index (χ0v) is 24.8. The van der Waals surface area contributed by atoms with Crippen LogP contribution in [-0.2, 0) is 17.6 Å². The second kappa shape index (κ2) is 11.1. The summed E-state index contributed by atoms with van der Waals surface area (Å²) in [4.78, 5) is 35.6. The molecule has 1 aliphatic carbocycles. The topological polar surface area (TPSA) is 112 Å². The average molecular weight is 602 g/mol. The molecular weight excluding hydrogens is 563 g/mol. The number of carbonyl (C=O) groups is 1. The van der Waals surface area contributed by atoms with Crippen LogP contribution in [-0.4, -0.2) is 70.3 Å². The van der Waals surface area contributed by atoms with Gasteiger partial charge in [0.25, 0.3) is 0 Å². The highest BCUT2D eigenvalue weighted by Gasteiger charge is 2.36. The Labute approximate surface area is 248 Å². The van der Waals surface area contributed by atoms with Gasteiger partial charge in [-0.1, -0.05) is 25.5 Å². The van der Waals surface area contributed by atoms with Gasteiger partial charge in [0.05, 0.1) is 12.1 Å². The fourth-order valence-corrected chi connectivity index (χ4v) is 6.42. The molecule has 4 heterocycles. The number of nitrogens with zero attached hydrogens (tertiary/aromatic N) is 6. The molecule has 2 saturated heterocycles. The number of amides is 1. The number of anilines is 2. The summed E-state index contributed by atoms with van der Waals surface area (Å²) in [7, 11) is 4.10. The van der Waals surface area contributed by atoms with Crippen LogP contribution in [0.4, 0.5) is 29.7 Å². The van der Waals surface area contributed by atoms with E-state index in [2.05, 4.69) is 46.8 Å². The molecule has 11 nitrogen and oxygen atoms in total. The van der Waals surface area contributed by atoms with Crippen molar-refractivity contribution in [3.05, 3.63) is 41.2 Å². The molecule has 2 unspecified atom stereocenters. The number of benzene rings is 1. The third kappa shape index (κ3) is 6.07.